The zero-order valence-corrected chi connectivity index (χ0v) is 9.27. The van der Waals surface area contributed by atoms with Gasteiger partial charge in [-0.05, 0) is 31.2 Å². The van der Waals surface area contributed by atoms with Gasteiger partial charge in [-0.25, -0.2) is 0 Å². The summed E-state index contributed by atoms with van der Waals surface area (Å²) in [6.45, 7) is 2.14. The molecule has 2 heterocycles. The molecule has 2 aromatic heterocycles. The Labute approximate surface area is 92.4 Å². The van der Waals surface area contributed by atoms with E-state index >= 15 is 0 Å². The maximum atomic E-state index is 3.24. The van der Waals surface area contributed by atoms with Crippen molar-refractivity contribution in [3.05, 3.63) is 47.5 Å². The van der Waals surface area contributed by atoms with Crippen molar-refractivity contribution >= 4 is 22.2 Å². The first-order valence-electron chi connectivity index (χ1n) is 4.97. The molecule has 0 aliphatic carbocycles. The van der Waals surface area contributed by atoms with Gasteiger partial charge in [-0.2, -0.15) is 0 Å². The van der Waals surface area contributed by atoms with Crippen LogP contribution in [0.3, 0.4) is 0 Å². The second-order valence-electron chi connectivity index (χ2n) is 3.65. The highest BCUT2D eigenvalue weighted by Crippen LogP contribution is 2.32. The smallest absolute Gasteiger partial charge is 0.0460 e. The van der Waals surface area contributed by atoms with E-state index in [1.54, 1.807) is 0 Å². The lowest BCUT2D eigenvalue weighted by Crippen LogP contribution is -1.73. The topological polar surface area (TPSA) is 15.8 Å². The molecule has 2 heteroatoms. The third-order valence-electron chi connectivity index (χ3n) is 2.60. The first-order valence-corrected chi connectivity index (χ1v) is 5.79. The van der Waals surface area contributed by atoms with Crippen molar-refractivity contribution in [3.8, 4) is 10.4 Å². The highest BCUT2D eigenvalue weighted by Gasteiger charge is 2.05. The van der Waals surface area contributed by atoms with Gasteiger partial charge in [-0.15, -0.1) is 11.3 Å². The number of thiophene rings is 1. The van der Waals surface area contributed by atoms with Gasteiger partial charge in [-0.1, -0.05) is 12.1 Å². The van der Waals surface area contributed by atoms with Gasteiger partial charge in [-0.3, -0.25) is 0 Å². The first kappa shape index (κ1) is 8.74. The summed E-state index contributed by atoms with van der Waals surface area (Å²) < 4.78 is 0. The van der Waals surface area contributed by atoms with Crippen LogP contribution in [0.1, 0.15) is 4.88 Å². The molecule has 0 saturated heterocycles. The lowest BCUT2D eigenvalue weighted by molar-refractivity contribution is 1.48. The summed E-state index contributed by atoms with van der Waals surface area (Å²) in [5.41, 5.74) is 2.53. The predicted octanol–water partition coefficient (Wildman–Crippen LogP) is 4.20. The van der Waals surface area contributed by atoms with E-state index in [4.69, 9.17) is 0 Å². The zero-order valence-electron chi connectivity index (χ0n) is 8.45. The average Bonchev–Trinajstić information content (AvgIpc) is 2.84. The van der Waals surface area contributed by atoms with Gasteiger partial charge in [0.25, 0.3) is 0 Å². The molecule has 0 bridgehead atoms. The Kier molecular flexibility index (Phi) is 1.89. The molecule has 0 atom stereocenters. The lowest BCUT2D eigenvalue weighted by Gasteiger charge is -1.99. The number of H-pyrrole nitrogens is 1. The van der Waals surface area contributed by atoms with Gasteiger partial charge >= 0.3 is 0 Å². The number of hydrogen-bond donors (Lipinski definition) is 1. The molecule has 0 radical (unpaired) electrons. The third kappa shape index (κ3) is 1.38. The van der Waals surface area contributed by atoms with Gasteiger partial charge in [0.2, 0.25) is 0 Å². The molecule has 0 fully saturated rings. The predicted molar refractivity (Wildman–Crippen MR) is 66.3 cm³/mol. The fourth-order valence-corrected chi connectivity index (χ4v) is 2.79. The Balaban J connectivity index is 2.30. The largest absolute Gasteiger partial charge is 0.361 e. The van der Waals surface area contributed by atoms with E-state index in [0.29, 0.717) is 0 Å². The van der Waals surface area contributed by atoms with Crippen LogP contribution < -0.4 is 0 Å². The number of benzene rings is 1. The number of hydrogen-bond acceptors (Lipinski definition) is 1. The third-order valence-corrected chi connectivity index (χ3v) is 3.63. The van der Waals surface area contributed by atoms with Crippen LogP contribution in [0.4, 0.5) is 0 Å². The maximum absolute atomic E-state index is 3.24. The molecule has 0 saturated carbocycles. The highest BCUT2D eigenvalue weighted by atomic mass is 32.1. The Morgan fingerprint density at radius 1 is 1.07 bits per heavy atom. The van der Waals surface area contributed by atoms with Crippen molar-refractivity contribution in [1.82, 2.24) is 4.98 Å². The van der Waals surface area contributed by atoms with E-state index in [1.807, 2.05) is 17.5 Å². The molecule has 1 aromatic carbocycles. The van der Waals surface area contributed by atoms with Crippen LogP contribution in [-0.2, 0) is 0 Å². The van der Waals surface area contributed by atoms with Crippen molar-refractivity contribution < 1.29 is 0 Å². The van der Waals surface area contributed by atoms with Crippen LogP contribution in [0.2, 0.25) is 0 Å². The standard InChI is InChI=1S/C13H11NS/c1-9-5-6-13(15-9)11-3-2-4-12-10(11)7-8-14-12/h2-8,14H,1H3. The van der Waals surface area contributed by atoms with Crippen LogP contribution in [0, 0.1) is 6.92 Å². The van der Waals surface area contributed by atoms with E-state index < -0.39 is 0 Å². The minimum absolute atomic E-state index is 1.21. The van der Waals surface area contributed by atoms with E-state index in [9.17, 15) is 0 Å². The molecule has 0 spiro atoms. The van der Waals surface area contributed by atoms with E-state index in [1.165, 1.54) is 26.2 Å². The minimum Gasteiger partial charge on any atom is -0.361 e. The van der Waals surface area contributed by atoms with E-state index in [2.05, 4.69) is 48.3 Å². The van der Waals surface area contributed by atoms with Gasteiger partial charge in [0.05, 0.1) is 0 Å². The number of aryl methyl sites for hydroxylation is 1. The first-order chi connectivity index (χ1) is 7.34. The molecule has 74 valence electrons. The van der Waals surface area contributed by atoms with E-state index in [0.717, 1.165) is 0 Å². The lowest BCUT2D eigenvalue weighted by atomic mass is 10.1. The Morgan fingerprint density at radius 3 is 2.80 bits per heavy atom. The number of nitrogens with one attached hydrogen (secondary N) is 1. The van der Waals surface area contributed by atoms with Crippen LogP contribution in [0.15, 0.2) is 42.6 Å². The number of fused-ring (bicyclic) bond motifs is 1. The monoisotopic (exact) mass is 213 g/mol. The van der Waals surface area contributed by atoms with Crippen molar-refractivity contribution in [2.24, 2.45) is 0 Å². The number of aromatic amines is 1. The molecule has 15 heavy (non-hydrogen) atoms. The van der Waals surface area contributed by atoms with Crippen molar-refractivity contribution in [2.75, 3.05) is 0 Å². The minimum atomic E-state index is 1.21. The number of rotatable bonds is 1. The summed E-state index contributed by atoms with van der Waals surface area (Å²) in [6, 6.07) is 12.9. The van der Waals surface area contributed by atoms with Gasteiger partial charge in [0, 0.05) is 32.4 Å². The Bertz CT molecular complexity index is 604. The molecular formula is C13H11NS. The fraction of sp³-hybridized carbons (Fsp3) is 0.0769. The summed E-state index contributed by atoms with van der Waals surface area (Å²) in [6.07, 6.45) is 1.99. The van der Waals surface area contributed by atoms with Gasteiger partial charge in [0.15, 0.2) is 0 Å². The maximum Gasteiger partial charge on any atom is 0.0460 e. The van der Waals surface area contributed by atoms with E-state index in [-0.39, 0.29) is 0 Å². The van der Waals surface area contributed by atoms with Crippen LogP contribution >= 0.6 is 11.3 Å². The summed E-state index contributed by atoms with van der Waals surface area (Å²) in [4.78, 5) is 5.95. The Morgan fingerprint density at radius 2 is 2.00 bits per heavy atom. The average molecular weight is 213 g/mol. The molecule has 1 nitrogen and oxygen atoms in total. The molecule has 3 aromatic rings. The van der Waals surface area contributed by atoms with Crippen molar-refractivity contribution in [3.63, 3.8) is 0 Å². The molecule has 0 aliphatic heterocycles. The molecule has 0 amide bonds. The molecule has 1 N–H and O–H groups in total. The van der Waals surface area contributed by atoms with Gasteiger partial charge < -0.3 is 4.98 Å². The fourth-order valence-electron chi connectivity index (χ4n) is 1.88. The van der Waals surface area contributed by atoms with Crippen molar-refractivity contribution in [2.45, 2.75) is 6.92 Å². The van der Waals surface area contributed by atoms with Crippen LogP contribution in [0.5, 0.6) is 0 Å². The molecule has 0 unspecified atom stereocenters. The molecule has 3 rings (SSSR count). The summed E-state index contributed by atoms with van der Waals surface area (Å²) in [5.74, 6) is 0. The molecule has 0 aliphatic rings. The summed E-state index contributed by atoms with van der Waals surface area (Å²) in [7, 11) is 0. The van der Waals surface area contributed by atoms with Gasteiger partial charge in [0.1, 0.15) is 0 Å². The summed E-state index contributed by atoms with van der Waals surface area (Å²) in [5, 5.41) is 1.30. The van der Waals surface area contributed by atoms with Crippen LogP contribution in [-0.4, -0.2) is 4.98 Å². The second-order valence-corrected chi connectivity index (χ2v) is 4.94. The number of aromatic nitrogens is 1. The Hall–Kier alpha value is -1.54. The highest BCUT2D eigenvalue weighted by molar-refractivity contribution is 7.15. The van der Waals surface area contributed by atoms with Crippen molar-refractivity contribution in [1.29, 1.82) is 0 Å². The quantitative estimate of drug-likeness (QED) is 0.623. The molecular weight excluding hydrogens is 202 g/mol. The van der Waals surface area contributed by atoms with Crippen LogP contribution in [0.25, 0.3) is 21.3 Å². The zero-order chi connectivity index (χ0) is 10.3. The SMILES string of the molecule is Cc1ccc(-c2cccc3[nH]ccc23)s1. The normalized spacial score (nSPS) is 11.0. The second kappa shape index (κ2) is 3.24. The summed E-state index contributed by atoms with van der Waals surface area (Å²) >= 11 is 1.85.